The summed E-state index contributed by atoms with van der Waals surface area (Å²) >= 11 is 0. The van der Waals surface area contributed by atoms with E-state index in [-0.39, 0.29) is 42.5 Å². The number of aromatic nitrogens is 2. The molecule has 0 aromatic carbocycles. The lowest BCUT2D eigenvalue weighted by Gasteiger charge is -2.28. The number of rotatable bonds is 6. The van der Waals surface area contributed by atoms with Gasteiger partial charge in [-0.05, 0) is 56.7 Å². The number of hydrogen-bond donors (Lipinski definition) is 2. The van der Waals surface area contributed by atoms with Gasteiger partial charge in [0.15, 0.2) is 0 Å². The van der Waals surface area contributed by atoms with Crippen LogP contribution in [0.3, 0.4) is 0 Å². The fourth-order valence-electron chi connectivity index (χ4n) is 4.31. The van der Waals surface area contributed by atoms with Crippen LogP contribution in [-0.2, 0) is 6.18 Å². The third kappa shape index (κ3) is 5.41. The molecule has 2 aromatic rings. The van der Waals surface area contributed by atoms with Gasteiger partial charge in [-0.2, -0.15) is 26.7 Å². The Balaban J connectivity index is 0.00000324. The summed E-state index contributed by atoms with van der Waals surface area (Å²) in [6, 6.07) is 2.41. The van der Waals surface area contributed by atoms with Crippen molar-refractivity contribution in [1.29, 1.82) is 0 Å². The molecule has 2 fully saturated rings. The lowest BCUT2D eigenvalue weighted by molar-refractivity contribution is -0.141. The summed E-state index contributed by atoms with van der Waals surface area (Å²) in [5, 5.41) is 3.02. The fraction of sp³-hybridized carbons (Fsp3) is 0.522. The molecule has 1 saturated heterocycles. The molecule has 2 aromatic heterocycles. The van der Waals surface area contributed by atoms with E-state index in [1.54, 1.807) is 0 Å². The lowest BCUT2D eigenvalue weighted by Crippen LogP contribution is -2.40. The maximum atomic E-state index is 13.4. The molecule has 4 rings (SSSR count). The number of nitrogens with one attached hydrogen (secondary N) is 1. The van der Waals surface area contributed by atoms with E-state index in [2.05, 4.69) is 15.3 Å². The van der Waals surface area contributed by atoms with Gasteiger partial charge in [0.2, 0.25) is 5.88 Å². The molecule has 34 heavy (non-hydrogen) atoms. The third-order valence-corrected chi connectivity index (χ3v) is 6.30. The van der Waals surface area contributed by atoms with Crippen LogP contribution in [0.25, 0.3) is 11.1 Å². The molecule has 1 saturated carbocycles. The van der Waals surface area contributed by atoms with Crippen LogP contribution in [0.2, 0.25) is 0 Å². The molecule has 0 spiro atoms. The number of hydrogen-bond acceptors (Lipinski definition) is 6. The van der Waals surface area contributed by atoms with E-state index in [9.17, 15) is 18.0 Å². The molecular formula is C23H30F3N5O2S. The number of halogens is 3. The topological polar surface area (TPSA) is 93.4 Å². The molecule has 2 aliphatic rings. The second kappa shape index (κ2) is 9.61. The SMILES string of the molecule is COc1ncc(C(=O)N[C@@H](C)C2CC2)c(N2CC[C@](C)(N)C2)c1-c1ccnc(C(F)(F)F)c1.S. The minimum atomic E-state index is -4.62. The van der Waals surface area contributed by atoms with Crippen LogP contribution in [0.4, 0.5) is 18.9 Å². The Morgan fingerprint density at radius 3 is 2.62 bits per heavy atom. The zero-order valence-corrected chi connectivity index (χ0v) is 20.4. The van der Waals surface area contributed by atoms with E-state index < -0.39 is 17.4 Å². The summed E-state index contributed by atoms with van der Waals surface area (Å²) in [5.41, 5.74) is 6.10. The monoisotopic (exact) mass is 497 g/mol. The van der Waals surface area contributed by atoms with Crippen molar-refractivity contribution in [3.8, 4) is 17.0 Å². The van der Waals surface area contributed by atoms with Crippen molar-refractivity contribution in [3.63, 3.8) is 0 Å². The van der Waals surface area contributed by atoms with Crippen LogP contribution in [0.15, 0.2) is 24.5 Å². The molecule has 1 aliphatic heterocycles. The lowest BCUT2D eigenvalue weighted by atomic mass is 10.00. The number of methoxy groups -OCH3 is 1. The van der Waals surface area contributed by atoms with Crippen molar-refractivity contribution in [2.75, 3.05) is 25.1 Å². The quantitative estimate of drug-likeness (QED) is 0.632. The number of carbonyl (C=O) groups is 1. The summed E-state index contributed by atoms with van der Waals surface area (Å²) in [7, 11) is 1.40. The maximum Gasteiger partial charge on any atom is 0.433 e. The van der Waals surface area contributed by atoms with Crippen LogP contribution >= 0.6 is 13.5 Å². The zero-order valence-electron chi connectivity index (χ0n) is 19.4. The van der Waals surface area contributed by atoms with Gasteiger partial charge >= 0.3 is 6.18 Å². The molecule has 11 heteroatoms. The first-order valence-corrected chi connectivity index (χ1v) is 11.0. The van der Waals surface area contributed by atoms with Gasteiger partial charge in [-0.25, -0.2) is 4.98 Å². The highest BCUT2D eigenvalue weighted by Gasteiger charge is 2.37. The van der Waals surface area contributed by atoms with Gasteiger partial charge in [0.1, 0.15) is 5.69 Å². The predicted octanol–water partition coefficient (Wildman–Crippen LogP) is 3.74. The van der Waals surface area contributed by atoms with Gasteiger partial charge < -0.3 is 20.7 Å². The summed E-state index contributed by atoms with van der Waals surface area (Å²) < 4.78 is 45.6. The number of nitrogens with two attached hydrogens (primary N) is 1. The minimum Gasteiger partial charge on any atom is -0.480 e. The molecule has 3 heterocycles. The molecule has 186 valence electrons. The fourth-order valence-corrected chi connectivity index (χ4v) is 4.31. The van der Waals surface area contributed by atoms with Crippen LogP contribution in [0, 0.1) is 5.92 Å². The van der Waals surface area contributed by atoms with Gasteiger partial charge in [0.25, 0.3) is 5.91 Å². The number of anilines is 1. The third-order valence-electron chi connectivity index (χ3n) is 6.30. The predicted molar refractivity (Wildman–Crippen MR) is 128 cm³/mol. The average molecular weight is 498 g/mol. The maximum absolute atomic E-state index is 13.4. The number of nitrogens with zero attached hydrogens (tertiary/aromatic N) is 3. The molecule has 1 amide bonds. The van der Waals surface area contributed by atoms with E-state index in [1.165, 1.54) is 19.4 Å². The molecule has 7 nitrogen and oxygen atoms in total. The van der Waals surface area contributed by atoms with Gasteiger partial charge in [-0.3, -0.25) is 9.78 Å². The average Bonchev–Trinajstić information content (AvgIpc) is 3.55. The van der Waals surface area contributed by atoms with E-state index in [0.717, 1.165) is 25.1 Å². The number of carbonyl (C=O) groups excluding carboxylic acids is 1. The molecule has 0 radical (unpaired) electrons. The zero-order chi connectivity index (χ0) is 24.0. The Hall–Kier alpha value is -2.53. The Morgan fingerprint density at radius 2 is 2.06 bits per heavy atom. The first kappa shape index (κ1) is 26.1. The molecule has 0 unspecified atom stereocenters. The summed E-state index contributed by atoms with van der Waals surface area (Å²) in [6.07, 6.45) is 0.700. The largest absolute Gasteiger partial charge is 0.480 e. The van der Waals surface area contributed by atoms with Crippen molar-refractivity contribution in [1.82, 2.24) is 15.3 Å². The summed E-state index contributed by atoms with van der Waals surface area (Å²) in [6.45, 7) is 4.85. The van der Waals surface area contributed by atoms with Gasteiger partial charge in [0, 0.05) is 37.1 Å². The first-order chi connectivity index (χ1) is 15.5. The summed E-state index contributed by atoms with van der Waals surface area (Å²) in [4.78, 5) is 23.0. The standard InChI is InChI=1S/C23H28F3N5O2.H2S/c1-13(14-4-5-14)30-20(32)16-11-29-21(33-3)18(19(16)31-9-7-22(2,27)12-31)15-6-8-28-17(10-15)23(24,25)26;/h6,8,10-11,13-14H,4-5,7,9,12,27H2,1-3H3,(H,30,32);1H2/t13-,22-;/m0./s1. The van der Waals surface area contributed by atoms with Crippen molar-refractivity contribution in [2.45, 2.75) is 50.9 Å². The van der Waals surface area contributed by atoms with Gasteiger partial charge in [-0.1, -0.05) is 0 Å². The second-order valence-corrected chi connectivity index (χ2v) is 9.26. The number of amides is 1. The minimum absolute atomic E-state index is 0. The van der Waals surface area contributed by atoms with Crippen LogP contribution < -0.4 is 20.7 Å². The molecule has 3 N–H and O–H groups in total. The van der Waals surface area contributed by atoms with E-state index >= 15 is 0 Å². The molecular weight excluding hydrogens is 467 g/mol. The Kier molecular flexibility index (Phi) is 7.37. The van der Waals surface area contributed by atoms with Crippen LogP contribution in [-0.4, -0.2) is 47.7 Å². The molecule has 1 aliphatic carbocycles. The highest BCUT2D eigenvalue weighted by molar-refractivity contribution is 7.59. The van der Waals surface area contributed by atoms with Gasteiger partial charge in [-0.15, -0.1) is 0 Å². The number of pyridine rings is 2. The number of alkyl halides is 3. The first-order valence-electron chi connectivity index (χ1n) is 11.0. The Labute approximate surface area is 203 Å². The van der Waals surface area contributed by atoms with Crippen LogP contribution in [0.1, 0.15) is 49.2 Å². The normalized spacial score (nSPS) is 21.1. The van der Waals surface area contributed by atoms with E-state index in [4.69, 9.17) is 10.5 Å². The second-order valence-electron chi connectivity index (χ2n) is 9.26. The van der Waals surface area contributed by atoms with E-state index in [0.29, 0.717) is 36.7 Å². The smallest absolute Gasteiger partial charge is 0.433 e. The highest BCUT2D eigenvalue weighted by atomic mass is 32.1. The Morgan fingerprint density at radius 1 is 1.35 bits per heavy atom. The summed E-state index contributed by atoms with van der Waals surface area (Å²) in [5.74, 6) is 0.245. The van der Waals surface area contributed by atoms with Crippen molar-refractivity contribution >= 4 is 25.1 Å². The van der Waals surface area contributed by atoms with Crippen LogP contribution in [0.5, 0.6) is 5.88 Å². The molecule has 0 bridgehead atoms. The van der Waals surface area contributed by atoms with Crippen molar-refractivity contribution in [3.05, 3.63) is 35.8 Å². The van der Waals surface area contributed by atoms with Crippen molar-refractivity contribution < 1.29 is 22.7 Å². The van der Waals surface area contributed by atoms with Crippen molar-refractivity contribution in [2.24, 2.45) is 11.7 Å². The molecule has 2 atom stereocenters. The van der Waals surface area contributed by atoms with Gasteiger partial charge in [0.05, 0.1) is 23.9 Å². The Bertz CT molecular complexity index is 1060. The van der Waals surface area contributed by atoms with E-state index in [1.807, 2.05) is 18.7 Å². The number of ether oxygens (including phenoxy) is 1. The highest BCUT2D eigenvalue weighted by Crippen LogP contribution is 2.43.